The molecule has 17 nitrogen and oxygen atoms in total. The minimum absolute atomic E-state index is 0.116. The van der Waals surface area contributed by atoms with E-state index in [9.17, 15) is 33.9 Å². The molecule has 2 aliphatic carbocycles. The number of piperidine rings is 1. The molecule has 3 N–H and O–H groups in total. The summed E-state index contributed by atoms with van der Waals surface area (Å²) in [4.78, 5) is 81.9. The molecule has 2 heterocycles. The smallest absolute Gasteiger partial charge is 0.504 e. The number of likely N-dealkylation sites (N-methyl/N-ethyl adjacent to an activating group) is 1. The van der Waals surface area contributed by atoms with Crippen molar-refractivity contribution in [2.75, 3.05) is 26.7 Å². The third-order valence-electron chi connectivity index (χ3n) is 12.0. The molecule has 4 aliphatic rings. The van der Waals surface area contributed by atoms with Crippen molar-refractivity contribution in [3.8, 4) is 11.5 Å². The van der Waals surface area contributed by atoms with Crippen LogP contribution in [0.15, 0.2) is 84.6 Å². The molecule has 1 fully saturated rings. The van der Waals surface area contributed by atoms with Gasteiger partial charge >= 0.3 is 24.2 Å². The largest absolute Gasteiger partial charge is 0.509 e. The van der Waals surface area contributed by atoms with E-state index in [-0.39, 0.29) is 55.7 Å². The van der Waals surface area contributed by atoms with Gasteiger partial charge in [-0.15, -0.1) is 0 Å². The summed E-state index contributed by atoms with van der Waals surface area (Å²) >= 11 is 0. The van der Waals surface area contributed by atoms with Crippen molar-refractivity contribution in [1.29, 1.82) is 0 Å². The molecule has 352 valence electrons. The Morgan fingerprint density at radius 3 is 1.83 bits per heavy atom. The zero-order chi connectivity index (χ0) is 47.6. The molecule has 2 amide bonds. The molecule has 0 radical (unpaired) electrons. The molecule has 3 aromatic carbocycles. The predicted molar refractivity (Wildman–Crippen MR) is 235 cm³/mol. The van der Waals surface area contributed by atoms with Crippen molar-refractivity contribution in [1.82, 2.24) is 15.5 Å². The van der Waals surface area contributed by atoms with Crippen molar-refractivity contribution in [3.05, 3.63) is 107 Å². The molecule has 2 aliphatic heterocycles. The number of carbonyl (C=O) groups excluding carboxylic acids is 6. The predicted octanol–water partition coefficient (Wildman–Crippen LogP) is 6.16. The maximum atomic E-state index is 14.1. The third kappa shape index (κ3) is 9.81. The highest BCUT2D eigenvalue weighted by molar-refractivity contribution is 5.85. The van der Waals surface area contributed by atoms with Crippen LogP contribution in [0.2, 0.25) is 0 Å². The topological polar surface area (TPSA) is 215 Å². The second-order valence-electron chi connectivity index (χ2n) is 18.8. The van der Waals surface area contributed by atoms with Gasteiger partial charge in [-0.2, -0.15) is 0 Å². The van der Waals surface area contributed by atoms with Gasteiger partial charge in [-0.05, 0) is 85.7 Å². The van der Waals surface area contributed by atoms with E-state index in [1.165, 1.54) is 0 Å². The van der Waals surface area contributed by atoms with Crippen molar-refractivity contribution >= 4 is 36.1 Å². The van der Waals surface area contributed by atoms with Gasteiger partial charge in [-0.25, -0.2) is 9.59 Å². The summed E-state index contributed by atoms with van der Waals surface area (Å²) < 4.78 is 40.7. The first kappa shape index (κ1) is 47.3. The van der Waals surface area contributed by atoms with Gasteiger partial charge in [0, 0.05) is 36.2 Å². The van der Waals surface area contributed by atoms with E-state index in [1.807, 2.05) is 13.1 Å². The number of phenols is 1. The number of hydrogen-bond acceptors (Lipinski definition) is 15. The van der Waals surface area contributed by atoms with E-state index < -0.39 is 76.6 Å². The van der Waals surface area contributed by atoms with Gasteiger partial charge < -0.3 is 48.9 Å². The molecule has 2 bridgehead atoms. The van der Waals surface area contributed by atoms with Gasteiger partial charge in [0.25, 0.3) is 11.8 Å². The summed E-state index contributed by atoms with van der Waals surface area (Å²) in [5, 5.41) is 16.5. The number of aromatic hydroxyl groups is 1. The summed E-state index contributed by atoms with van der Waals surface area (Å²) in [7, 11) is 1.95. The molecular weight excluding hydrogens is 855 g/mol. The zero-order valence-corrected chi connectivity index (χ0v) is 38.2. The third-order valence-corrected chi connectivity index (χ3v) is 12.0. The second-order valence-corrected chi connectivity index (χ2v) is 18.8. The molecule has 17 heteroatoms. The van der Waals surface area contributed by atoms with Crippen LogP contribution in [0.3, 0.4) is 0 Å². The molecule has 6 atom stereocenters. The lowest BCUT2D eigenvalue weighted by Gasteiger charge is -2.62. The maximum Gasteiger partial charge on any atom is 0.509 e. The van der Waals surface area contributed by atoms with Gasteiger partial charge in [-0.1, -0.05) is 66.7 Å². The maximum absolute atomic E-state index is 14.1. The fourth-order valence-corrected chi connectivity index (χ4v) is 9.35. The van der Waals surface area contributed by atoms with Crippen LogP contribution in [0.25, 0.3) is 0 Å². The van der Waals surface area contributed by atoms with Crippen molar-refractivity contribution in [2.24, 2.45) is 0 Å². The number of nitrogens with one attached hydrogen (secondary N) is 2. The summed E-state index contributed by atoms with van der Waals surface area (Å²) in [5.41, 5.74) is -1.68. The molecule has 1 saturated heterocycles. The van der Waals surface area contributed by atoms with E-state index >= 15 is 0 Å². The average Bonchev–Trinajstić information content (AvgIpc) is 3.61. The number of benzene rings is 3. The van der Waals surface area contributed by atoms with Crippen LogP contribution in [0.5, 0.6) is 11.5 Å². The number of rotatable bonds is 14. The molecular formula is C49H57N3O14. The Kier molecular flexibility index (Phi) is 13.4. The van der Waals surface area contributed by atoms with Crippen LogP contribution < -0.4 is 15.4 Å². The Labute approximate surface area is 383 Å². The number of esters is 2. The summed E-state index contributed by atoms with van der Waals surface area (Å²) in [6.45, 7) is 10.3. The SMILES string of the molecule is CN1CC[C@]23c4c5ccc(O)c4O[C@H]2C(OC(=O)CCNC(=O)[C@@H](OC(=O)OC(C)(C)C)c2ccccc2)=CC[C@@]3(OC(=O)CCNC(=O)[C@@H](OC(=O)OC(C)(C)C)c2ccccc2)[C@H]1C5. The lowest BCUT2D eigenvalue weighted by atomic mass is 9.50. The first-order chi connectivity index (χ1) is 31.2. The average molecular weight is 912 g/mol. The Bertz CT molecular complexity index is 2380. The fourth-order valence-electron chi connectivity index (χ4n) is 9.35. The Morgan fingerprint density at radius 1 is 0.773 bits per heavy atom. The fraction of sp³-hybridized carbons (Fsp3) is 0.469. The van der Waals surface area contributed by atoms with Gasteiger partial charge in [0.05, 0.1) is 24.3 Å². The summed E-state index contributed by atoms with van der Waals surface area (Å²) in [5.74, 6) is -2.39. The van der Waals surface area contributed by atoms with Crippen LogP contribution in [-0.2, 0) is 59.4 Å². The standard InChI is InChI=1S/C49H57N3O14/c1-46(2,3)65-44(58)62-38(29-14-10-8-11-15-29)42(56)50-25-21-35(54)60-33-20-23-49(34-28-31-18-19-32(53)40-37(31)48(49,41(33)61-40)24-27-52(34)7)64-36(55)22-26-51-43(57)39(30-16-12-9-13-17-30)63-45(59)66-47(4,5)6/h8-20,34,38-39,41,53H,21-28H2,1-7H3,(H,50,56)(H,51,57)/t34-,38+,39+,41+,48+,49-/m1/s1. The van der Waals surface area contributed by atoms with Crippen LogP contribution in [0.1, 0.15) is 102 Å². The Balaban J connectivity index is 1.06. The molecule has 7 rings (SSSR count). The second kappa shape index (κ2) is 18.7. The molecule has 3 aromatic rings. The molecule has 0 aromatic heterocycles. The number of amides is 2. The highest BCUT2D eigenvalue weighted by Crippen LogP contribution is 2.66. The summed E-state index contributed by atoms with van der Waals surface area (Å²) in [6.07, 6.45) is -3.62. The van der Waals surface area contributed by atoms with Crippen LogP contribution in [0.4, 0.5) is 9.59 Å². The van der Waals surface area contributed by atoms with Crippen molar-refractivity contribution < 1.29 is 67.0 Å². The van der Waals surface area contributed by atoms with Crippen LogP contribution in [-0.4, -0.2) is 102 Å². The molecule has 1 spiro atoms. The first-order valence-corrected chi connectivity index (χ1v) is 22.0. The first-order valence-electron chi connectivity index (χ1n) is 22.0. The molecule has 0 saturated carbocycles. The number of hydrogen-bond donors (Lipinski definition) is 3. The van der Waals surface area contributed by atoms with Gasteiger partial charge in [0.2, 0.25) is 12.2 Å². The van der Waals surface area contributed by atoms with Gasteiger partial charge in [0.1, 0.15) is 22.6 Å². The van der Waals surface area contributed by atoms with Crippen LogP contribution in [0, 0.1) is 0 Å². The Morgan fingerprint density at radius 2 is 1.30 bits per heavy atom. The number of nitrogens with zero attached hydrogens (tertiary/aromatic N) is 1. The van der Waals surface area contributed by atoms with Crippen molar-refractivity contribution in [2.45, 2.75) is 120 Å². The molecule has 0 unspecified atom stereocenters. The van der Waals surface area contributed by atoms with Crippen molar-refractivity contribution in [3.63, 3.8) is 0 Å². The highest BCUT2D eigenvalue weighted by atomic mass is 16.7. The Hall–Kier alpha value is -6.62. The van der Waals surface area contributed by atoms with Gasteiger partial charge in [0.15, 0.2) is 17.6 Å². The van der Waals surface area contributed by atoms with Crippen LogP contribution >= 0.6 is 0 Å². The minimum Gasteiger partial charge on any atom is -0.504 e. The molecule has 66 heavy (non-hydrogen) atoms. The number of phenolic OH excluding ortho intramolecular Hbond substituents is 1. The van der Waals surface area contributed by atoms with E-state index in [2.05, 4.69) is 15.5 Å². The van der Waals surface area contributed by atoms with Gasteiger partial charge in [-0.3, -0.25) is 24.1 Å². The zero-order valence-electron chi connectivity index (χ0n) is 38.2. The van der Waals surface area contributed by atoms with E-state index in [1.54, 1.807) is 114 Å². The number of likely N-dealkylation sites (tertiary alicyclic amines) is 1. The highest BCUT2D eigenvalue weighted by Gasteiger charge is 2.74. The quantitative estimate of drug-likeness (QED) is 0.122. The number of carbonyl (C=O) groups is 6. The number of ether oxygens (including phenoxy) is 7. The normalized spacial score (nSPS) is 22.4. The monoisotopic (exact) mass is 911 g/mol. The lowest BCUT2D eigenvalue weighted by molar-refractivity contribution is -0.206. The van der Waals surface area contributed by atoms with E-state index in [0.29, 0.717) is 36.1 Å². The van der Waals surface area contributed by atoms with E-state index in [0.717, 1.165) is 5.56 Å². The minimum atomic E-state index is -1.36. The lowest BCUT2D eigenvalue weighted by Crippen LogP contribution is -2.75. The summed E-state index contributed by atoms with van der Waals surface area (Å²) in [6, 6.07) is 19.9. The van der Waals surface area contributed by atoms with E-state index in [4.69, 9.17) is 33.2 Å².